The highest BCUT2D eigenvalue weighted by molar-refractivity contribution is 5.91. The molecule has 0 aliphatic heterocycles. The lowest BCUT2D eigenvalue weighted by Gasteiger charge is -2.00. The number of rotatable bonds is 3. The molecule has 0 spiro atoms. The number of amides is 1. The first-order valence-electron chi connectivity index (χ1n) is 3.13. The summed E-state index contributed by atoms with van der Waals surface area (Å²) in [6, 6.07) is 0. The fraction of sp³-hybridized carbons (Fsp3) is 0.500. The van der Waals surface area contributed by atoms with E-state index in [9.17, 15) is 4.79 Å². The van der Waals surface area contributed by atoms with Crippen molar-refractivity contribution >= 4 is 5.91 Å². The van der Waals surface area contributed by atoms with Crippen molar-refractivity contribution in [1.82, 2.24) is 0 Å². The van der Waals surface area contributed by atoms with Crippen LogP contribution in [-0.2, 0) is 4.79 Å². The van der Waals surface area contributed by atoms with Crippen LogP contribution in [0.25, 0.3) is 0 Å². The largest absolute Gasteiger partial charge is 0.400 e. The second-order valence-electron chi connectivity index (χ2n) is 2.05. The topological polar surface area (TPSA) is 95.1 Å². The Kier molecular flexibility index (Phi) is 3.32. The average Bonchev–Trinajstić information content (AvgIpc) is 1.87. The molecule has 0 fully saturated rings. The first-order valence-corrected chi connectivity index (χ1v) is 3.13. The summed E-state index contributed by atoms with van der Waals surface area (Å²) in [5.41, 5.74) is 15.8. The minimum Gasteiger partial charge on any atom is -0.400 e. The van der Waals surface area contributed by atoms with Crippen molar-refractivity contribution in [2.75, 3.05) is 0 Å². The molecule has 0 unspecified atom stereocenters. The van der Waals surface area contributed by atoms with E-state index in [-0.39, 0.29) is 5.70 Å². The molecule has 0 bridgehead atoms. The molecule has 0 atom stereocenters. The molecule has 4 heteroatoms. The second kappa shape index (κ2) is 3.76. The number of primary amides is 1. The van der Waals surface area contributed by atoms with Crippen LogP contribution in [0, 0.1) is 0 Å². The van der Waals surface area contributed by atoms with Crippen LogP contribution in [0.1, 0.15) is 19.8 Å². The molecule has 0 saturated heterocycles. The van der Waals surface area contributed by atoms with Gasteiger partial charge in [0.2, 0.25) is 0 Å². The fourth-order valence-corrected chi connectivity index (χ4v) is 0.562. The van der Waals surface area contributed by atoms with E-state index in [4.69, 9.17) is 17.2 Å². The van der Waals surface area contributed by atoms with Gasteiger partial charge in [-0.15, -0.1) is 0 Å². The Morgan fingerprint density at radius 2 is 1.80 bits per heavy atom. The van der Waals surface area contributed by atoms with Crippen LogP contribution < -0.4 is 17.2 Å². The Morgan fingerprint density at radius 3 is 2.10 bits per heavy atom. The molecule has 4 nitrogen and oxygen atoms in total. The van der Waals surface area contributed by atoms with Gasteiger partial charge in [0.1, 0.15) is 5.70 Å². The molecule has 0 aliphatic rings. The number of nitrogens with two attached hydrogens (primary N) is 3. The molecule has 0 rings (SSSR count). The van der Waals surface area contributed by atoms with Gasteiger partial charge in [0.25, 0.3) is 5.91 Å². The lowest BCUT2D eigenvalue weighted by atomic mass is 10.2. The van der Waals surface area contributed by atoms with Gasteiger partial charge < -0.3 is 17.2 Å². The summed E-state index contributed by atoms with van der Waals surface area (Å²) in [7, 11) is 0. The molecule has 0 aliphatic carbocycles. The zero-order valence-electron chi connectivity index (χ0n) is 6.05. The minimum absolute atomic E-state index is 0.0122. The Balaban J connectivity index is 4.19. The standard InChI is InChI=1S/C6H13N3O/c1-2-3-4(7)5(8)6(9)10/h2-3,7-8H2,1H3,(H2,9,10)/b5-4-. The molecule has 0 aromatic heterocycles. The molecule has 0 radical (unpaired) electrons. The summed E-state index contributed by atoms with van der Waals surface area (Å²) in [6.45, 7) is 1.95. The SMILES string of the molecule is CCC/C(N)=C(/N)C(N)=O. The van der Waals surface area contributed by atoms with E-state index in [1.54, 1.807) is 0 Å². The summed E-state index contributed by atoms with van der Waals surface area (Å²) in [5, 5.41) is 0. The molecular formula is C6H13N3O. The van der Waals surface area contributed by atoms with E-state index < -0.39 is 5.91 Å². The van der Waals surface area contributed by atoms with Gasteiger partial charge in [0, 0.05) is 5.70 Å². The number of carbonyl (C=O) groups is 1. The molecule has 1 amide bonds. The van der Waals surface area contributed by atoms with Gasteiger partial charge in [0.05, 0.1) is 0 Å². The maximum atomic E-state index is 10.4. The lowest BCUT2D eigenvalue weighted by molar-refractivity contribution is -0.114. The van der Waals surface area contributed by atoms with E-state index in [2.05, 4.69) is 0 Å². The third-order valence-electron chi connectivity index (χ3n) is 1.13. The lowest BCUT2D eigenvalue weighted by Crippen LogP contribution is -2.24. The molecule has 58 valence electrons. The molecule has 0 saturated carbocycles. The zero-order valence-corrected chi connectivity index (χ0v) is 6.05. The van der Waals surface area contributed by atoms with Crippen LogP contribution in [0.3, 0.4) is 0 Å². The van der Waals surface area contributed by atoms with Crippen LogP contribution >= 0.6 is 0 Å². The highest BCUT2D eigenvalue weighted by Gasteiger charge is 2.02. The summed E-state index contributed by atoms with van der Waals surface area (Å²) >= 11 is 0. The number of hydrogen-bond donors (Lipinski definition) is 3. The monoisotopic (exact) mass is 143 g/mol. The molecule has 0 aromatic carbocycles. The van der Waals surface area contributed by atoms with Crippen molar-refractivity contribution in [3.05, 3.63) is 11.4 Å². The summed E-state index contributed by atoms with van der Waals surface area (Å²) in [4.78, 5) is 10.4. The van der Waals surface area contributed by atoms with E-state index in [0.717, 1.165) is 6.42 Å². The van der Waals surface area contributed by atoms with Crippen molar-refractivity contribution < 1.29 is 4.79 Å². The van der Waals surface area contributed by atoms with Gasteiger partial charge >= 0.3 is 0 Å². The highest BCUT2D eigenvalue weighted by atomic mass is 16.1. The van der Waals surface area contributed by atoms with Gasteiger partial charge in [-0.1, -0.05) is 13.3 Å². The van der Waals surface area contributed by atoms with E-state index in [1.807, 2.05) is 6.92 Å². The first-order chi connectivity index (χ1) is 4.59. The van der Waals surface area contributed by atoms with Crippen LogP contribution in [-0.4, -0.2) is 5.91 Å². The Morgan fingerprint density at radius 1 is 1.30 bits per heavy atom. The Labute approximate surface area is 60.1 Å². The highest BCUT2D eigenvalue weighted by Crippen LogP contribution is 1.99. The van der Waals surface area contributed by atoms with Crippen molar-refractivity contribution in [2.45, 2.75) is 19.8 Å². The molecular weight excluding hydrogens is 130 g/mol. The summed E-state index contributed by atoms with van der Waals surface area (Å²) in [6.07, 6.45) is 1.48. The van der Waals surface area contributed by atoms with E-state index >= 15 is 0 Å². The normalized spacial score (nSPS) is 12.5. The predicted octanol–water partition coefficient (Wildman–Crippen LogP) is -0.599. The fourth-order valence-electron chi connectivity index (χ4n) is 0.562. The van der Waals surface area contributed by atoms with Crippen molar-refractivity contribution in [2.24, 2.45) is 17.2 Å². The van der Waals surface area contributed by atoms with Crippen LogP contribution in [0.5, 0.6) is 0 Å². The third-order valence-corrected chi connectivity index (χ3v) is 1.13. The van der Waals surface area contributed by atoms with Crippen LogP contribution in [0.4, 0.5) is 0 Å². The van der Waals surface area contributed by atoms with Gasteiger partial charge in [-0.25, -0.2) is 0 Å². The van der Waals surface area contributed by atoms with Crippen molar-refractivity contribution in [3.63, 3.8) is 0 Å². The summed E-state index contributed by atoms with van der Waals surface area (Å²) < 4.78 is 0. The number of hydrogen-bond acceptors (Lipinski definition) is 3. The van der Waals surface area contributed by atoms with E-state index in [0.29, 0.717) is 12.1 Å². The average molecular weight is 143 g/mol. The van der Waals surface area contributed by atoms with Crippen LogP contribution in [0.2, 0.25) is 0 Å². The number of allylic oxidation sites excluding steroid dienone is 1. The van der Waals surface area contributed by atoms with Gasteiger partial charge in [-0.05, 0) is 6.42 Å². The quantitative estimate of drug-likeness (QED) is 0.460. The molecule has 0 aromatic rings. The third kappa shape index (κ3) is 2.39. The van der Waals surface area contributed by atoms with Crippen LogP contribution in [0.15, 0.2) is 11.4 Å². The zero-order chi connectivity index (χ0) is 8.15. The maximum Gasteiger partial charge on any atom is 0.266 e. The van der Waals surface area contributed by atoms with Crippen molar-refractivity contribution in [3.8, 4) is 0 Å². The first kappa shape index (κ1) is 8.81. The molecule has 0 heterocycles. The van der Waals surface area contributed by atoms with Gasteiger partial charge in [-0.3, -0.25) is 4.79 Å². The Hall–Kier alpha value is -1.19. The molecule has 10 heavy (non-hydrogen) atoms. The van der Waals surface area contributed by atoms with Gasteiger partial charge in [-0.2, -0.15) is 0 Å². The maximum absolute atomic E-state index is 10.4. The second-order valence-corrected chi connectivity index (χ2v) is 2.05. The van der Waals surface area contributed by atoms with E-state index in [1.165, 1.54) is 0 Å². The predicted molar refractivity (Wildman–Crippen MR) is 39.5 cm³/mol. The number of carbonyl (C=O) groups excluding carboxylic acids is 1. The minimum atomic E-state index is -0.647. The van der Waals surface area contributed by atoms with Gasteiger partial charge in [0.15, 0.2) is 0 Å². The molecule has 6 N–H and O–H groups in total. The van der Waals surface area contributed by atoms with Crippen molar-refractivity contribution in [1.29, 1.82) is 0 Å². The summed E-state index contributed by atoms with van der Waals surface area (Å²) in [5.74, 6) is -0.647. The smallest absolute Gasteiger partial charge is 0.266 e. The Bertz CT molecular complexity index is 162.